The van der Waals surface area contributed by atoms with Crippen LogP contribution in [-0.4, -0.2) is 30.0 Å². The first-order valence-electron chi connectivity index (χ1n) is 4.03. The molecule has 3 heteroatoms. The van der Waals surface area contributed by atoms with E-state index in [0.29, 0.717) is 5.56 Å². The maximum Gasteiger partial charge on any atom is 0.253 e. The van der Waals surface area contributed by atoms with E-state index in [1.54, 1.807) is 26.2 Å². The van der Waals surface area contributed by atoms with Crippen LogP contribution in [0.25, 0.3) is 0 Å². The molecule has 1 amide bonds. The van der Waals surface area contributed by atoms with Gasteiger partial charge in [0.2, 0.25) is 0 Å². The Morgan fingerprint density at radius 1 is 1.31 bits per heavy atom. The lowest BCUT2D eigenvalue weighted by Crippen LogP contribution is -2.21. The summed E-state index contributed by atoms with van der Waals surface area (Å²) in [5, 5.41) is 9.25. The van der Waals surface area contributed by atoms with Crippen molar-refractivity contribution in [3.63, 3.8) is 0 Å². The van der Waals surface area contributed by atoms with Crippen molar-refractivity contribution in [1.29, 1.82) is 0 Å². The number of phenols is 1. The number of carbonyl (C=O) groups is 1. The van der Waals surface area contributed by atoms with Gasteiger partial charge in [0.25, 0.3) is 5.91 Å². The predicted octanol–water partition coefficient (Wildman–Crippen LogP) is 1.40. The third kappa shape index (κ3) is 2.21. The van der Waals surface area contributed by atoms with Gasteiger partial charge < -0.3 is 10.0 Å². The van der Waals surface area contributed by atoms with Crippen LogP contribution in [-0.2, 0) is 0 Å². The molecule has 70 valence electrons. The molecule has 0 aliphatic carbocycles. The van der Waals surface area contributed by atoms with E-state index in [4.69, 9.17) is 0 Å². The molecular formula is C10H13NO2. The second-order valence-electron chi connectivity index (χ2n) is 3.26. The second kappa shape index (κ2) is 3.47. The molecule has 0 atom stereocenters. The van der Waals surface area contributed by atoms with E-state index in [1.807, 2.05) is 6.92 Å². The molecule has 0 aromatic heterocycles. The van der Waals surface area contributed by atoms with Crippen molar-refractivity contribution in [1.82, 2.24) is 4.90 Å². The summed E-state index contributed by atoms with van der Waals surface area (Å²) in [6.07, 6.45) is 0. The smallest absolute Gasteiger partial charge is 0.253 e. The fraction of sp³-hybridized carbons (Fsp3) is 0.300. The maximum absolute atomic E-state index is 11.5. The van der Waals surface area contributed by atoms with Gasteiger partial charge in [-0.15, -0.1) is 0 Å². The fourth-order valence-electron chi connectivity index (χ4n) is 1.14. The summed E-state index contributed by atoms with van der Waals surface area (Å²) in [6, 6.07) is 4.84. The molecule has 1 rings (SSSR count). The molecule has 1 N–H and O–H groups in total. The third-order valence-electron chi connectivity index (χ3n) is 1.72. The summed E-state index contributed by atoms with van der Waals surface area (Å²) < 4.78 is 0. The van der Waals surface area contributed by atoms with Gasteiger partial charge in [0.15, 0.2) is 0 Å². The summed E-state index contributed by atoms with van der Waals surface area (Å²) >= 11 is 0. The number of hydrogen-bond acceptors (Lipinski definition) is 2. The summed E-state index contributed by atoms with van der Waals surface area (Å²) in [6.45, 7) is 1.84. The Bertz CT molecular complexity index is 311. The average Bonchev–Trinajstić information content (AvgIpc) is 2.01. The van der Waals surface area contributed by atoms with Crippen molar-refractivity contribution in [2.75, 3.05) is 14.1 Å². The Morgan fingerprint density at radius 2 is 1.92 bits per heavy atom. The zero-order chi connectivity index (χ0) is 10.0. The van der Waals surface area contributed by atoms with Crippen molar-refractivity contribution < 1.29 is 9.90 Å². The molecule has 0 aliphatic heterocycles. The first-order chi connectivity index (χ1) is 6.00. The van der Waals surface area contributed by atoms with Gasteiger partial charge in [0, 0.05) is 19.7 Å². The highest BCUT2D eigenvalue weighted by molar-refractivity contribution is 5.94. The normalized spacial score (nSPS) is 9.77. The van der Waals surface area contributed by atoms with Gasteiger partial charge in [-0.25, -0.2) is 0 Å². The number of rotatable bonds is 1. The van der Waals surface area contributed by atoms with Crippen LogP contribution < -0.4 is 0 Å². The number of hydrogen-bond donors (Lipinski definition) is 1. The Labute approximate surface area is 77.6 Å². The monoisotopic (exact) mass is 179 g/mol. The molecule has 0 saturated carbocycles. The zero-order valence-electron chi connectivity index (χ0n) is 8.03. The van der Waals surface area contributed by atoms with Gasteiger partial charge in [-0.3, -0.25) is 4.79 Å². The SMILES string of the molecule is Cc1cc(O)cc(C(=O)N(C)C)c1. The lowest BCUT2D eigenvalue weighted by Gasteiger charge is -2.10. The van der Waals surface area contributed by atoms with Crippen molar-refractivity contribution in [2.45, 2.75) is 6.92 Å². The van der Waals surface area contributed by atoms with E-state index in [0.717, 1.165) is 5.56 Å². The van der Waals surface area contributed by atoms with Crippen LogP contribution in [0.15, 0.2) is 18.2 Å². The van der Waals surface area contributed by atoms with E-state index < -0.39 is 0 Å². The van der Waals surface area contributed by atoms with Gasteiger partial charge >= 0.3 is 0 Å². The molecule has 3 nitrogen and oxygen atoms in total. The molecule has 0 fully saturated rings. The molecule has 1 aromatic rings. The van der Waals surface area contributed by atoms with Crippen LogP contribution in [0.3, 0.4) is 0 Å². The number of amides is 1. The fourth-order valence-corrected chi connectivity index (χ4v) is 1.14. The lowest BCUT2D eigenvalue weighted by molar-refractivity contribution is 0.0827. The predicted molar refractivity (Wildman–Crippen MR) is 50.9 cm³/mol. The molecule has 0 radical (unpaired) electrons. The maximum atomic E-state index is 11.5. The molecular weight excluding hydrogens is 166 g/mol. The highest BCUT2D eigenvalue weighted by Gasteiger charge is 2.08. The largest absolute Gasteiger partial charge is 0.508 e. The number of nitrogens with zero attached hydrogens (tertiary/aromatic N) is 1. The Morgan fingerprint density at radius 3 is 2.38 bits per heavy atom. The summed E-state index contributed by atoms with van der Waals surface area (Å²) in [7, 11) is 3.36. The summed E-state index contributed by atoms with van der Waals surface area (Å²) in [5.41, 5.74) is 1.40. The minimum absolute atomic E-state index is 0.0981. The highest BCUT2D eigenvalue weighted by atomic mass is 16.3. The molecule has 0 aliphatic rings. The van der Waals surface area contributed by atoms with Crippen LogP contribution >= 0.6 is 0 Å². The third-order valence-corrected chi connectivity index (χ3v) is 1.72. The van der Waals surface area contributed by atoms with Gasteiger partial charge in [0.1, 0.15) is 5.75 Å². The van der Waals surface area contributed by atoms with E-state index in [9.17, 15) is 9.90 Å². The van der Waals surface area contributed by atoms with E-state index in [1.165, 1.54) is 11.0 Å². The Hall–Kier alpha value is -1.51. The van der Waals surface area contributed by atoms with Crippen LogP contribution in [0.2, 0.25) is 0 Å². The Balaban J connectivity index is 3.08. The topological polar surface area (TPSA) is 40.5 Å². The van der Waals surface area contributed by atoms with Crippen LogP contribution in [0.5, 0.6) is 5.75 Å². The van der Waals surface area contributed by atoms with Gasteiger partial charge in [-0.2, -0.15) is 0 Å². The van der Waals surface area contributed by atoms with Gasteiger partial charge in [-0.1, -0.05) is 0 Å². The molecule has 13 heavy (non-hydrogen) atoms. The van der Waals surface area contributed by atoms with Gasteiger partial charge in [0.05, 0.1) is 0 Å². The molecule has 0 heterocycles. The zero-order valence-corrected chi connectivity index (χ0v) is 8.03. The lowest BCUT2D eigenvalue weighted by atomic mass is 10.1. The first kappa shape index (κ1) is 9.58. The van der Waals surface area contributed by atoms with E-state index >= 15 is 0 Å². The van der Waals surface area contributed by atoms with Crippen molar-refractivity contribution in [3.8, 4) is 5.75 Å². The second-order valence-corrected chi connectivity index (χ2v) is 3.26. The summed E-state index contributed by atoms with van der Waals surface area (Å²) in [5.74, 6) is 0.0317. The molecule has 0 saturated heterocycles. The highest BCUT2D eigenvalue weighted by Crippen LogP contribution is 2.15. The number of phenolic OH excluding ortho intramolecular Hbond substituents is 1. The standard InChI is InChI=1S/C10H13NO2/c1-7-4-8(6-9(12)5-7)10(13)11(2)3/h4-6,12H,1-3H3. The number of aryl methyl sites for hydroxylation is 1. The van der Waals surface area contributed by atoms with Crippen LogP contribution in [0.1, 0.15) is 15.9 Å². The molecule has 1 aromatic carbocycles. The first-order valence-corrected chi connectivity index (χ1v) is 4.03. The minimum atomic E-state index is -0.0981. The molecule has 0 unspecified atom stereocenters. The summed E-state index contributed by atoms with van der Waals surface area (Å²) in [4.78, 5) is 12.9. The van der Waals surface area contributed by atoms with Crippen LogP contribution in [0.4, 0.5) is 0 Å². The molecule has 0 bridgehead atoms. The average molecular weight is 179 g/mol. The van der Waals surface area contributed by atoms with E-state index in [2.05, 4.69) is 0 Å². The minimum Gasteiger partial charge on any atom is -0.508 e. The van der Waals surface area contributed by atoms with Crippen LogP contribution in [0, 0.1) is 6.92 Å². The van der Waals surface area contributed by atoms with Crippen molar-refractivity contribution >= 4 is 5.91 Å². The number of carbonyl (C=O) groups excluding carboxylic acids is 1. The van der Waals surface area contributed by atoms with E-state index in [-0.39, 0.29) is 11.7 Å². The Kier molecular flexibility index (Phi) is 2.56. The van der Waals surface area contributed by atoms with Crippen molar-refractivity contribution in [2.24, 2.45) is 0 Å². The quantitative estimate of drug-likeness (QED) is 0.708. The van der Waals surface area contributed by atoms with Crippen molar-refractivity contribution in [3.05, 3.63) is 29.3 Å². The number of benzene rings is 1. The van der Waals surface area contributed by atoms with Gasteiger partial charge in [-0.05, 0) is 30.7 Å². The molecule has 0 spiro atoms. The number of aromatic hydroxyl groups is 1.